The highest BCUT2D eigenvalue weighted by molar-refractivity contribution is 6.62. The molecule has 3 rings (SSSR count). The minimum Gasteiger partial charge on any atom is -0.506 e. The Kier molecular flexibility index (Phi) is 2.82. The molecule has 1 aliphatic heterocycles. The van der Waals surface area contributed by atoms with Gasteiger partial charge in [-0.15, -0.1) is 0 Å². The third kappa shape index (κ3) is 2.07. The lowest BCUT2D eigenvalue weighted by Crippen LogP contribution is -2.41. The molecule has 1 fully saturated rings. The highest BCUT2D eigenvalue weighted by Crippen LogP contribution is 2.36. The van der Waals surface area contributed by atoms with Crippen molar-refractivity contribution in [2.45, 2.75) is 38.9 Å². The monoisotopic (exact) mass is 271 g/mol. The van der Waals surface area contributed by atoms with Crippen molar-refractivity contribution in [3.05, 3.63) is 30.5 Å². The summed E-state index contributed by atoms with van der Waals surface area (Å²) >= 11 is 0. The standard InChI is InChI=1S/C15H18BNO3/c1-14(2)15(3,4)20-16(19-14)11-5-6-13-10(7-11)8-12(18)9-17-13/h5-9,18H,1-4H3. The Labute approximate surface area is 118 Å². The first-order chi connectivity index (χ1) is 9.28. The second-order valence-electron chi connectivity index (χ2n) is 6.23. The molecule has 2 heterocycles. The number of benzene rings is 1. The highest BCUT2D eigenvalue weighted by atomic mass is 16.7. The van der Waals surface area contributed by atoms with Crippen LogP contribution in [0.5, 0.6) is 5.75 Å². The van der Waals surface area contributed by atoms with Gasteiger partial charge >= 0.3 is 7.12 Å². The van der Waals surface area contributed by atoms with Gasteiger partial charge in [-0.1, -0.05) is 12.1 Å². The van der Waals surface area contributed by atoms with Crippen LogP contribution in [0, 0.1) is 0 Å². The van der Waals surface area contributed by atoms with E-state index in [4.69, 9.17) is 9.31 Å². The average Bonchev–Trinajstić information content (AvgIpc) is 2.57. The Balaban J connectivity index is 2.00. The van der Waals surface area contributed by atoms with Crippen LogP contribution in [0.25, 0.3) is 10.9 Å². The minimum absolute atomic E-state index is 0.156. The molecular formula is C15H18BNO3. The third-order valence-corrected chi connectivity index (χ3v) is 4.22. The molecule has 0 bridgehead atoms. The summed E-state index contributed by atoms with van der Waals surface area (Å²) in [6.07, 6.45) is 1.44. The van der Waals surface area contributed by atoms with Gasteiger partial charge in [-0.3, -0.25) is 4.98 Å². The lowest BCUT2D eigenvalue weighted by molar-refractivity contribution is 0.00578. The van der Waals surface area contributed by atoms with Crippen LogP contribution in [0.1, 0.15) is 27.7 Å². The van der Waals surface area contributed by atoms with E-state index in [9.17, 15) is 5.11 Å². The quantitative estimate of drug-likeness (QED) is 0.808. The lowest BCUT2D eigenvalue weighted by atomic mass is 9.78. The maximum Gasteiger partial charge on any atom is 0.494 e. The molecule has 0 saturated carbocycles. The predicted octanol–water partition coefficient (Wildman–Crippen LogP) is 2.24. The molecule has 1 N–H and O–H groups in total. The molecule has 1 aromatic heterocycles. The number of hydrogen-bond acceptors (Lipinski definition) is 4. The van der Waals surface area contributed by atoms with E-state index in [1.165, 1.54) is 6.20 Å². The van der Waals surface area contributed by atoms with Crippen LogP contribution >= 0.6 is 0 Å². The van der Waals surface area contributed by atoms with Crippen molar-refractivity contribution >= 4 is 23.5 Å². The number of hydrogen-bond donors (Lipinski definition) is 1. The normalized spacial score (nSPS) is 20.5. The Hall–Kier alpha value is -1.59. The molecule has 0 atom stereocenters. The zero-order valence-corrected chi connectivity index (χ0v) is 12.2. The number of pyridine rings is 1. The van der Waals surface area contributed by atoms with Crippen LogP contribution in [0.2, 0.25) is 0 Å². The van der Waals surface area contributed by atoms with Gasteiger partial charge in [-0.2, -0.15) is 0 Å². The summed E-state index contributed by atoms with van der Waals surface area (Å²) in [6, 6.07) is 7.50. The van der Waals surface area contributed by atoms with Gasteiger partial charge in [-0.25, -0.2) is 0 Å². The summed E-state index contributed by atoms with van der Waals surface area (Å²) in [5, 5.41) is 10.4. The van der Waals surface area contributed by atoms with Crippen LogP contribution in [0.3, 0.4) is 0 Å². The van der Waals surface area contributed by atoms with Crippen molar-refractivity contribution in [3.63, 3.8) is 0 Å². The van der Waals surface area contributed by atoms with Crippen molar-refractivity contribution in [3.8, 4) is 5.75 Å². The molecule has 20 heavy (non-hydrogen) atoms. The molecule has 2 aromatic rings. The Bertz CT molecular complexity index is 653. The van der Waals surface area contributed by atoms with E-state index >= 15 is 0 Å². The molecule has 4 nitrogen and oxygen atoms in total. The number of aromatic hydroxyl groups is 1. The van der Waals surface area contributed by atoms with Crippen LogP contribution in [-0.4, -0.2) is 28.4 Å². The Morgan fingerprint density at radius 2 is 1.70 bits per heavy atom. The number of aromatic nitrogens is 1. The van der Waals surface area contributed by atoms with Crippen molar-refractivity contribution in [2.75, 3.05) is 0 Å². The fourth-order valence-electron chi connectivity index (χ4n) is 2.26. The summed E-state index contributed by atoms with van der Waals surface area (Å²) in [6.45, 7) is 8.12. The van der Waals surface area contributed by atoms with E-state index in [-0.39, 0.29) is 17.0 Å². The summed E-state index contributed by atoms with van der Waals surface area (Å²) in [5.41, 5.74) is 1.06. The van der Waals surface area contributed by atoms with E-state index in [0.717, 1.165) is 16.4 Å². The largest absolute Gasteiger partial charge is 0.506 e. The van der Waals surface area contributed by atoms with E-state index in [1.807, 2.05) is 45.9 Å². The maximum absolute atomic E-state index is 9.53. The van der Waals surface area contributed by atoms with Gasteiger partial charge in [0.2, 0.25) is 0 Å². The van der Waals surface area contributed by atoms with Gasteiger partial charge in [0, 0.05) is 5.39 Å². The first-order valence-electron chi connectivity index (χ1n) is 6.73. The number of nitrogens with zero attached hydrogens (tertiary/aromatic N) is 1. The third-order valence-electron chi connectivity index (χ3n) is 4.22. The second-order valence-corrected chi connectivity index (χ2v) is 6.23. The summed E-state index contributed by atoms with van der Waals surface area (Å²) in [4.78, 5) is 4.17. The zero-order chi connectivity index (χ0) is 14.5. The van der Waals surface area contributed by atoms with Crippen LogP contribution in [0.15, 0.2) is 30.5 Å². The van der Waals surface area contributed by atoms with Gasteiger partial charge in [-0.05, 0) is 45.3 Å². The smallest absolute Gasteiger partial charge is 0.494 e. The van der Waals surface area contributed by atoms with Crippen molar-refractivity contribution < 1.29 is 14.4 Å². The molecule has 1 aliphatic rings. The van der Waals surface area contributed by atoms with Gasteiger partial charge < -0.3 is 14.4 Å². The number of rotatable bonds is 1. The van der Waals surface area contributed by atoms with Crippen molar-refractivity contribution in [1.82, 2.24) is 4.98 Å². The molecule has 0 aliphatic carbocycles. The van der Waals surface area contributed by atoms with Gasteiger partial charge in [0.1, 0.15) is 5.75 Å². The van der Waals surface area contributed by atoms with Gasteiger partial charge in [0.15, 0.2) is 0 Å². The fourth-order valence-corrected chi connectivity index (χ4v) is 2.26. The Morgan fingerprint density at radius 3 is 2.35 bits per heavy atom. The number of fused-ring (bicyclic) bond motifs is 1. The SMILES string of the molecule is CC1(C)OB(c2ccc3ncc(O)cc3c2)OC1(C)C. The molecule has 5 heteroatoms. The Morgan fingerprint density at radius 1 is 1.05 bits per heavy atom. The molecule has 0 radical (unpaired) electrons. The summed E-state index contributed by atoms with van der Waals surface area (Å²) in [5.74, 6) is 0.156. The predicted molar refractivity (Wildman–Crippen MR) is 79.1 cm³/mol. The molecular weight excluding hydrogens is 253 g/mol. The fraction of sp³-hybridized carbons (Fsp3) is 0.400. The van der Waals surface area contributed by atoms with Gasteiger partial charge in [0.25, 0.3) is 0 Å². The minimum atomic E-state index is -0.397. The summed E-state index contributed by atoms with van der Waals surface area (Å²) in [7, 11) is -0.397. The molecule has 0 amide bonds. The molecule has 0 unspecified atom stereocenters. The second kappa shape index (κ2) is 4.20. The first kappa shape index (κ1) is 13.4. The topological polar surface area (TPSA) is 51.6 Å². The van der Waals surface area contributed by atoms with Gasteiger partial charge in [0.05, 0.1) is 22.9 Å². The van der Waals surface area contributed by atoms with Crippen LogP contribution in [-0.2, 0) is 9.31 Å². The van der Waals surface area contributed by atoms with E-state index in [1.54, 1.807) is 6.07 Å². The van der Waals surface area contributed by atoms with Crippen LogP contribution < -0.4 is 5.46 Å². The average molecular weight is 271 g/mol. The molecule has 0 spiro atoms. The van der Waals surface area contributed by atoms with Crippen LogP contribution in [0.4, 0.5) is 0 Å². The van der Waals surface area contributed by atoms with E-state index in [2.05, 4.69) is 4.98 Å². The van der Waals surface area contributed by atoms with E-state index in [0.29, 0.717) is 0 Å². The van der Waals surface area contributed by atoms with E-state index < -0.39 is 7.12 Å². The zero-order valence-electron chi connectivity index (χ0n) is 12.2. The van der Waals surface area contributed by atoms with Crippen molar-refractivity contribution in [1.29, 1.82) is 0 Å². The molecule has 1 aromatic carbocycles. The van der Waals surface area contributed by atoms with Crippen molar-refractivity contribution in [2.24, 2.45) is 0 Å². The first-order valence-corrected chi connectivity index (χ1v) is 6.73. The maximum atomic E-state index is 9.53. The lowest BCUT2D eigenvalue weighted by Gasteiger charge is -2.32. The molecule has 1 saturated heterocycles. The highest BCUT2D eigenvalue weighted by Gasteiger charge is 2.51. The molecule has 104 valence electrons. The summed E-state index contributed by atoms with van der Waals surface area (Å²) < 4.78 is 12.0.